The predicted octanol–water partition coefficient (Wildman–Crippen LogP) is 11.7. The van der Waals surface area contributed by atoms with E-state index in [1.807, 2.05) is 69.8 Å². The lowest BCUT2D eigenvalue weighted by Crippen LogP contribution is -2.78. The van der Waals surface area contributed by atoms with E-state index in [-0.39, 0.29) is 29.7 Å². The largest absolute Gasteiger partial charge is 0.459 e. The van der Waals surface area contributed by atoms with Gasteiger partial charge >= 0.3 is 17.9 Å². The zero-order valence-electron chi connectivity index (χ0n) is 45.0. The zero-order valence-corrected chi connectivity index (χ0v) is 45.0. The normalized spacial score (nSPS) is 28.2. The van der Waals surface area contributed by atoms with Gasteiger partial charge in [0.2, 0.25) is 11.4 Å². The topological polar surface area (TPSA) is 133 Å². The maximum absolute atomic E-state index is 15.2. The molecule has 13 nitrogen and oxygen atoms in total. The molecule has 3 aromatic carbocycles. The van der Waals surface area contributed by atoms with Gasteiger partial charge in [0.25, 0.3) is 0 Å². The maximum Gasteiger partial charge on any atom is 0.338 e. The molecule has 0 amide bonds. The molecule has 2 saturated carbocycles. The molecule has 0 bridgehead atoms. The first-order valence-electron chi connectivity index (χ1n) is 26.5. The summed E-state index contributed by atoms with van der Waals surface area (Å²) in [5.41, 5.74) is -4.82. The van der Waals surface area contributed by atoms with E-state index in [1.165, 1.54) is 0 Å². The first-order chi connectivity index (χ1) is 33.7. The van der Waals surface area contributed by atoms with Gasteiger partial charge in [-0.25, -0.2) is 14.4 Å². The summed E-state index contributed by atoms with van der Waals surface area (Å²) in [5.74, 6) is -3.05. The van der Waals surface area contributed by atoms with Crippen molar-refractivity contribution >= 4 is 24.2 Å². The molecule has 3 heterocycles. The third-order valence-electron chi connectivity index (χ3n) is 16.3. The Morgan fingerprint density at radius 2 is 0.750 bits per heavy atom. The Morgan fingerprint density at radius 3 is 1.07 bits per heavy atom. The molecule has 8 rings (SSSR count). The van der Waals surface area contributed by atoms with Crippen LogP contribution in [-0.4, -0.2) is 102 Å². The fourth-order valence-electron chi connectivity index (χ4n) is 13.9. The summed E-state index contributed by atoms with van der Waals surface area (Å²) in [4.78, 5) is 79.5. The van der Waals surface area contributed by atoms with Crippen molar-refractivity contribution in [1.82, 2.24) is 15.2 Å². The molecule has 3 aromatic rings. The lowest BCUT2D eigenvalue weighted by molar-refractivity contribution is -0.528. The van der Waals surface area contributed by atoms with Gasteiger partial charge in [-0.05, 0) is 138 Å². The minimum Gasteiger partial charge on any atom is -0.459 e. The fourth-order valence-corrected chi connectivity index (χ4v) is 13.9. The zero-order chi connectivity index (χ0) is 52.1. The molecule has 72 heavy (non-hydrogen) atoms. The van der Waals surface area contributed by atoms with Crippen LogP contribution in [0.5, 0.6) is 0 Å². The lowest BCUT2D eigenvalue weighted by atomic mass is 9.60. The van der Waals surface area contributed by atoms with Crippen LogP contribution in [0.15, 0.2) is 91.0 Å². The number of esters is 3. The van der Waals surface area contributed by atoms with Crippen LogP contribution < -0.4 is 0 Å². The molecule has 3 atom stereocenters. The summed E-state index contributed by atoms with van der Waals surface area (Å²) in [5, 5.41) is 6.02. The molecule has 0 N–H and O–H groups in total. The number of benzene rings is 3. The first kappa shape index (κ1) is 53.8. The molecule has 2 aliphatic carbocycles. The van der Waals surface area contributed by atoms with Crippen molar-refractivity contribution in [3.05, 3.63) is 108 Å². The Balaban J connectivity index is 1.20. The number of hydrogen-bond donors (Lipinski definition) is 0. The van der Waals surface area contributed by atoms with E-state index in [0.717, 1.165) is 38.4 Å². The van der Waals surface area contributed by atoms with Gasteiger partial charge in [0, 0.05) is 84.1 Å². The minimum atomic E-state index is -1.76. The number of piperidine rings is 3. The second-order valence-electron chi connectivity index (χ2n) is 25.3. The number of rotatable bonds is 13. The highest BCUT2D eigenvalue weighted by atomic mass is 16.9. The number of carbonyl (C=O) groups is 4. The molecule has 3 aliphatic heterocycles. The Bertz CT molecular complexity index is 2250. The highest BCUT2D eigenvalue weighted by Crippen LogP contribution is 2.59. The standard InChI is InChI=1S/C59H81N3O10/c1-52(2)34-45(67-49(64)42-25-16-13-17-26-42)35-53(3,4)60(52)70-58(40-63)48-31-23-22-24-41(48)32-33-59(58,71-61-54(5,6)36-46(37-55(61,7)8)68-50(65)43-27-18-14-19-28-43)72-62-56(9,10)38-47(39-57(62,11)12)69-51(66)44-29-20-15-21-30-44/h13-21,25-30,40-41,45-48H,22-24,31-39H2,1-12H3. The Labute approximate surface area is 428 Å². The molecular weight excluding hydrogens is 911 g/mol. The predicted molar refractivity (Wildman–Crippen MR) is 274 cm³/mol. The third-order valence-corrected chi connectivity index (χ3v) is 16.3. The van der Waals surface area contributed by atoms with Gasteiger partial charge in [-0.1, -0.05) is 73.9 Å². The van der Waals surface area contributed by atoms with Crippen LogP contribution >= 0.6 is 0 Å². The summed E-state index contributed by atoms with van der Waals surface area (Å²) >= 11 is 0. The summed E-state index contributed by atoms with van der Waals surface area (Å²) in [6, 6.07) is 27.2. The summed E-state index contributed by atoms with van der Waals surface area (Å²) in [6.45, 7) is 25.1. The number of ether oxygens (including phenoxy) is 3. The first-order valence-corrected chi connectivity index (χ1v) is 26.5. The molecule has 5 aliphatic rings. The highest BCUT2D eigenvalue weighted by Gasteiger charge is 2.71. The van der Waals surface area contributed by atoms with Crippen LogP contribution in [0.25, 0.3) is 0 Å². The van der Waals surface area contributed by atoms with Crippen LogP contribution in [0, 0.1) is 11.8 Å². The quantitative estimate of drug-likeness (QED) is 0.0697. The molecule has 5 fully saturated rings. The van der Waals surface area contributed by atoms with Crippen LogP contribution in [0.1, 0.15) is 191 Å². The van der Waals surface area contributed by atoms with Gasteiger partial charge in [-0.2, -0.15) is 15.2 Å². The number of aldehydes is 1. The fraction of sp³-hybridized carbons (Fsp3) is 0.627. The average Bonchev–Trinajstić information content (AvgIpc) is 3.30. The monoisotopic (exact) mass is 992 g/mol. The molecule has 0 spiro atoms. The van der Waals surface area contributed by atoms with Crippen molar-refractivity contribution < 1.29 is 47.9 Å². The van der Waals surface area contributed by atoms with Gasteiger partial charge in [0.1, 0.15) is 18.3 Å². The minimum absolute atomic E-state index is 0.146. The van der Waals surface area contributed by atoms with E-state index >= 15 is 4.79 Å². The third kappa shape index (κ3) is 10.7. The van der Waals surface area contributed by atoms with Gasteiger partial charge in [0.15, 0.2) is 6.29 Å². The molecule has 13 heteroatoms. The average molecular weight is 992 g/mol. The number of fused-ring (bicyclic) bond motifs is 1. The van der Waals surface area contributed by atoms with Crippen molar-refractivity contribution in [2.45, 2.75) is 223 Å². The molecule has 0 radical (unpaired) electrons. The lowest BCUT2D eigenvalue weighted by Gasteiger charge is -2.65. The van der Waals surface area contributed by atoms with E-state index in [2.05, 4.69) is 83.1 Å². The molecule has 392 valence electrons. The Morgan fingerprint density at radius 1 is 0.444 bits per heavy atom. The number of carbonyl (C=O) groups excluding carboxylic acids is 4. The second kappa shape index (κ2) is 20.0. The number of hydroxylamine groups is 6. The van der Waals surface area contributed by atoms with E-state index in [1.54, 1.807) is 36.4 Å². The van der Waals surface area contributed by atoms with E-state index in [9.17, 15) is 14.4 Å². The van der Waals surface area contributed by atoms with E-state index in [4.69, 9.17) is 28.7 Å². The molecule has 0 aromatic heterocycles. The van der Waals surface area contributed by atoms with Crippen LogP contribution in [0.3, 0.4) is 0 Å². The summed E-state index contributed by atoms with van der Waals surface area (Å²) in [7, 11) is 0. The van der Waals surface area contributed by atoms with Crippen LogP contribution in [0.2, 0.25) is 0 Å². The van der Waals surface area contributed by atoms with Crippen LogP contribution in [-0.2, 0) is 33.5 Å². The highest BCUT2D eigenvalue weighted by molar-refractivity contribution is 5.90. The summed E-state index contributed by atoms with van der Waals surface area (Å²) < 4.78 is 18.8. The van der Waals surface area contributed by atoms with Crippen molar-refractivity contribution in [2.75, 3.05) is 0 Å². The van der Waals surface area contributed by atoms with Crippen LogP contribution in [0.4, 0.5) is 0 Å². The van der Waals surface area contributed by atoms with Gasteiger partial charge < -0.3 is 14.2 Å². The Kier molecular flexibility index (Phi) is 14.9. The van der Waals surface area contributed by atoms with E-state index in [0.29, 0.717) is 61.6 Å². The van der Waals surface area contributed by atoms with Crippen molar-refractivity contribution in [3.63, 3.8) is 0 Å². The SMILES string of the molecule is CC1(C)CC(OC(=O)c2ccccc2)CC(C)(C)N1OC1(ON2C(C)(C)CC(OC(=O)c3ccccc3)CC2(C)C)CCC2CCCCC2C1(C=O)ON1C(C)(C)CC(OC(=O)c2ccccc2)CC1(C)C. The second-order valence-corrected chi connectivity index (χ2v) is 25.3. The van der Waals surface area contributed by atoms with Crippen molar-refractivity contribution in [2.24, 2.45) is 11.8 Å². The van der Waals surface area contributed by atoms with E-state index < -0.39 is 62.9 Å². The molecule has 3 unspecified atom stereocenters. The maximum atomic E-state index is 15.2. The number of nitrogens with zero attached hydrogens (tertiary/aromatic N) is 3. The molecule has 3 saturated heterocycles. The summed E-state index contributed by atoms with van der Waals surface area (Å²) in [6.07, 6.45) is 7.00. The van der Waals surface area contributed by atoms with Gasteiger partial charge in [-0.15, -0.1) is 0 Å². The van der Waals surface area contributed by atoms with Gasteiger partial charge in [0.05, 0.1) is 16.7 Å². The van der Waals surface area contributed by atoms with Gasteiger partial charge in [-0.3, -0.25) is 19.3 Å². The smallest absolute Gasteiger partial charge is 0.338 e. The Hall–Kier alpha value is -4.50. The number of hydrogen-bond acceptors (Lipinski definition) is 13. The van der Waals surface area contributed by atoms with Crippen molar-refractivity contribution in [1.29, 1.82) is 0 Å². The molecular formula is C59H81N3O10. The van der Waals surface area contributed by atoms with Crippen molar-refractivity contribution in [3.8, 4) is 0 Å².